The highest BCUT2D eigenvalue weighted by atomic mass is 16.7. The molecule has 0 atom stereocenters. The maximum Gasteiger partial charge on any atom is 0.165 e. The summed E-state index contributed by atoms with van der Waals surface area (Å²) < 4.78 is 10.9. The molecule has 0 aliphatic carbocycles. The monoisotopic (exact) mass is 214 g/mol. The molecule has 1 aliphatic rings. The van der Waals surface area contributed by atoms with Gasteiger partial charge in [-0.15, -0.1) is 0 Å². The maximum atomic E-state index is 11.7. The van der Waals surface area contributed by atoms with Gasteiger partial charge in [0.1, 0.15) is 5.78 Å². The minimum Gasteiger partial charge on any atom is -0.348 e. The molecular weight excluding hydrogens is 192 g/mol. The van der Waals surface area contributed by atoms with E-state index in [1.165, 1.54) is 0 Å². The number of hydrogen-bond donors (Lipinski definition) is 0. The van der Waals surface area contributed by atoms with Crippen molar-refractivity contribution >= 4 is 5.78 Å². The van der Waals surface area contributed by atoms with Crippen LogP contribution in [-0.2, 0) is 14.3 Å². The lowest BCUT2D eigenvalue weighted by molar-refractivity contribution is -0.148. The van der Waals surface area contributed by atoms with Crippen molar-refractivity contribution in [2.24, 2.45) is 5.41 Å². The largest absolute Gasteiger partial charge is 0.348 e. The van der Waals surface area contributed by atoms with Gasteiger partial charge in [0.2, 0.25) is 0 Å². The predicted molar refractivity (Wildman–Crippen MR) is 58.6 cm³/mol. The van der Waals surface area contributed by atoms with E-state index in [2.05, 4.69) is 0 Å². The molecule has 0 bridgehead atoms. The second-order valence-electron chi connectivity index (χ2n) is 5.36. The molecule has 1 fully saturated rings. The van der Waals surface area contributed by atoms with Crippen molar-refractivity contribution in [3.8, 4) is 0 Å². The zero-order chi connectivity index (χ0) is 11.5. The zero-order valence-electron chi connectivity index (χ0n) is 10.3. The summed E-state index contributed by atoms with van der Waals surface area (Å²) >= 11 is 0. The first-order valence-corrected chi connectivity index (χ1v) is 5.65. The van der Waals surface area contributed by atoms with Gasteiger partial charge in [0.05, 0.1) is 13.2 Å². The Hall–Kier alpha value is -0.410. The molecule has 0 amide bonds. The molecule has 0 saturated carbocycles. The third kappa shape index (κ3) is 3.92. The van der Waals surface area contributed by atoms with E-state index in [-0.39, 0.29) is 5.41 Å². The molecule has 0 N–H and O–H groups in total. The molecular formula is C12H22O3. The van der Waals surface area contributed by atoms with Gasteiger partial charge in [-0.3, -0.25) is 4.79 Å². The molecule has 88 valence electrons. The molecule has 1 heterocycles. The van der Waals surface area contributed by atoms with Crippen molar-refractivity contribution in [3.05, 3.63) is 0 Å². The first-order chi connectivity index (χ1) is 6.83. The van der Waals surface area contributed by atoms with Crippen LogP contribution < -0.4 is 0 Å². The van der Waals surface area contributed by atoms with Crippen molar-refractivity contribution in [1.82, 2.24) is 0 Å². The molecule has 0 aromatic rings. The summed E-state index contributed by atoms with van der Waals surface area (Å²) in [6.45, 7) is 9.16. The van der Waals surface area contributed by atoms with Gasteiger partial charge in [-0.1, -0.05) is 20.8 Å². The highest BCUT2D eigenvalue weighted by molar-refractivity contribution is 5.83. The SMILES string of the molecule is CC1(CCCC(=O)C(C)(C)C)OCCO1. The molecule has 15 heavy (non-hydrogen) atoms. The Kier molecular flexibility index (Phi) is 3.90. The third-order valence-electron chi connectivity index (χ3n) is 2.77. The highest BCUT2D eigenvalue weighted by Gasteiger charge is 2.31. The highest BCUT2D eigenvalue weighted by Crippen LogP contribution is 2.26. The van der Waals surface area contributed by atoms with E-state index in [1.807, 2.05) is 27.7 Å². The van der Waals surface area contributed by atoms with E-state index in [0.29, 0.717) is 25.4 Å². The van der Waals surface area contributed by atoms with Crippen LogP contribution >= 0.6 is 0 Å². The van der Waals surface area contributed by atoms with Crippen LogP contribution in [0.3, 0.4) is 0 Å². The van der Waals surface area contributed by atoms with Gasteiger partial charge in [0, 0.05) is 18.3 Å². The molecule has 0 unspecified atom stereocenters. The molecule has 3 heteroatoms. The Labute approximate surface area is 92.1 Å². The lowest BCUT2D eigenvalue weighted by Gasteiger charge is -2.23. The number of carbonyl (C=O) groups is 1. The number of carbonyl (C=O) groups excluding carboxylic acids is 1. The van der Waals surface area contributed by atoms with Gasteiger partial charge in [-0.05, 0) is 13.3 Å². The third-order valence-corrected chi connectivity index (χ3v) is 2.77. The van der Waals surface area contributed by atoms with Crippen molar-refractivity contribution in [3.63, 3.8) is 0 Å². The zero-order valence-corrected chi connectivity index (χ0v) is 10.3. The number of ether oxygens (including phenoxy) is 2. The average molecular weight is 214 g/mol. The minimum atomic E-state index is -0.446. The van der Waals surface area contributed by atoms with E-state index < -0.39 is 5.79 Å². The fourth-order valence-corrected chi connectivity index (χ4v) is 1.65. The van der Waals surface area contributed by atoms with Crippen LogP contribution in [0.1, 0.15) is 47.0 Å². The van der Waals surface area contributed by atoms with Crippen LogP contribution in [0.5, 0.6) is 0 Å². The first kappa shape index (κ1) is 12.7. The summed E-state index contributed by atoms with van der Waals surface area (Å²) in [5, 5.41) is 0. The Morgan fingerprint density at radius 3 is 2.27 bits per heavy atom. The second kappa shape index (κ2) is 4.62. The molecule has 0 aromatic heterocycles. The van der Waals surface area contributed by atoms with Gasteiger partial charge in [-0.2, -0.15) is 0 Å². The number of hydrogen-bond acceptors (Lipinski definition) is 3. The summed E-state index contributed by atoms with van der Waals surface area (Å²) in [6.07, 6.45) is 2.26. The quantitative estimate of drug-likeness (QED) is 0.721. The normalized spacial score (nSPS) is 20.5. The first-order valence-electron chi connectivity index (χ1n) is 5.65. The van der Waals surface area contributed by atoms with E-state index in [1.54, 1.807) is 0 Å². The summed E-state index contributed by atoms with van der Waals surface area (Å²) in [7, 11) is 0. The summed E-state index contributed by atoms with van der Waals surface area (Å²) in [5.41, 5.74) is -0.224. The van der Waals surface area contributed by atoms with Crippen molar-refractivity contribution in [1.29, 1.82) is 0 Å². The predicted octanol–water partition coefficient (Wildman–Crippen LogP) is 2.53. The fourth-order valence-electron chi connectivity index (χ4n) is 1.65. The van der Waals surface area contributed by atoms with E-state index in [0.717, 1.165) is 12.8 Å². The van der Waals surface area contributed by atoms with Crippen LogP contribution in [0.4, 0.5) is 0 Å². The van der Waals surface area contributed by atoms with Gasteiger partial charge >= 0.3 is 0 Å². The van der Waals surface area contributed by atoms with Gasteiger partial charge < -0.3 is 9.47 Å². The van der Waals surface area contributed by atoms with E-state index >= 15 is 0 Å². The van der Waals surface area contributed by atoms with Crippen molar-refractivity contribution < 1.29 is 14.3 Å². The fraction of sp³-hybridized carbons (Fsp3) is 0.917. The van der Waals surface area contributed by atoms with Gasteiger partial charge in [0.25, 0.3) is 0 Å². The maximum absolute atomic E-state index is 11.7. The van der Waals surface area contributed by atoms with Crippen LogP contribution in [0.15, 0.2) is 0 Å². The Morgan fingerprint density at radius 1 is 1.27 bits per heavy atom. The van der Waals surface area contributed by atoms with Crippen molar-refractivity contribution in [2.75, 3.05) is 13.2 Å². The lowest BCUT2D eigenvalue weighted by atomic mass is 9.87. The number of rotatable bonds is 4. The lowest BCUT2D eigenvalue weighted by Crippen LogP contribution is -2.26. The average Bonchev–Trinajstić information content (AvgIpc) is 2.50. The van der Waals surface area contributed by atoms with Crippen LogP contribution in [-0.4, -0.2) is 24.8 Å². The van der Waals surface area contributed by atoms with Crippen LogP contribution in [0, 0.1) is 5.41 Å². The van der Waals surface area contributed by atoms with Crippen molar-refractivity contribution in [2.45, 2.75) is 52.7 Å². The summed E-state index contributed by atoms with van der Waals surface area (Å²) in [4.78, 5) is 11.7. The Bertz CT molecular complexity index is 222. The Balaban J connectivity index is 2.24. The summed E-state index contributed by atoms with van der Waals surface area (Å²) in [6, 6.07) is 0. The Morgan fingerprint density at radius 2 is 1.80 bits per heavy atom. The number of ketones is 1. The van der Waals surface area contributed by atoms with Gasteiger partial charge in [-0.25, -0.2) is 0 Å². The summed E-state index contributed by atoms with van der Waals surface area (Å²) in [5.74, 6) is -0.137. The standard InChI is InChI=1S/C12H22O3/c1-11(2,3)10(13)6-5-7-12(4)14-8-9-15-12/h5-9H2,1-4H3. The topological polar surface area (TPSA) is 35.5 Å². The second-order valence-corrected chi connectivity index (χ2v) is 5.36. The van der Waals surface area contributed by atoms with E-state index in [9.17, 15) is 4.79 Å². The molecule has 1 aliphatic heterocycles. The molecule has 0 spiro atoms. The van der Waals surface area contributed by atoms with E-state index in [4.69, 9.17) is 9.47 Å². The molecule has 1 rings (SSSR count). The minimum absolute atomic E-state index is 0.224. The molecule has 0 aromatic carbocycles. The number of Topliss-reactive ketones (excluding diaryl/α,β-unsaturated/α-hetero) is 1. The molecule has 1 saturated heterocycles. The van der Waals surface area contributed by atoms with Crippen LogP contribution in [0.25, 0.3) is 0 Å². The molecule has 3 nitrogen and oxygen atoms in total. The van der Waals surface area contributed by atoms with Crippen LogP contribution in [0.2, 0.25) is 0 Å². The molecule has 0 radical (unpaired) electrons. The van der Waals surface area contributed by atoms with Gasteiger partial charge in [0.15, 0.2) is 5.79 Å². The smallest absolute Gasteiger partial charge is 0.165 e.